The van der Waals surface area contributed by atoms with Crippen LogP contribution in [0, 0.1) is 0 Å². The molecule has 1 aliphatic rings. The summed E-state index contributed by atoms with van der Waals surface area (Å²) >= 11 is 0. The minimum Gasteiger partial charge on any atom is -0.458 e. The van der Waals surface area contributed by atoms with E-state index in [0.717, 1.165) is 0 Å². The topological polar surface area (TPSA) is 72.6 Å². The molecule has 2 atom stereocenters. The molecule has 0 unspecified atom stereocenters. The van der Waals surface area contributed by atoms with Crippen molar-refractivity contribution in [3.8, 4) is 0 Å². The van der Waals surface area contributed by atoms with Gasteiger partial charge in [0.05, 0.1) is 6.04 Å². The maximum Gasteiger partial charge on any atom is 0.329 e. The second-order valence-electron chi connectivity index (χ2n) is 5.20. The van der Waals surface area contributed by atoms with Crippen LogP contribution >= 0.6 is 0 Å². The number of likely N-dealkylation sites (tertiary alicyclic amines) is 1. The summed E-state index contributed by atoms with van der Waals surface area (Å²) in [6.45, 7) is 2.96. The highest BCUT2D eigenvalue weighted by Gasteiger charge is 2.37. The van der Waals surface area contributed by atoms with E-state index in [4.69, 9.17) is 14.6 Å². The van der Waals surface area contributed by atoms with Gasteiger partial charge < -0.3 is 15.4 Å². The third kappa shape index (κ3) is 3.70. The number of amides is 1. The van der Waals surface area contributed by atoms with E-state index < -0.39 is 36.4 Å². The Hall–Kier alpha value is -1.10. The molecule has 1 aliphatic heterocycles. The second-order valence-corrected chi connectivity index (χ2v) is 5.20. The van der Waals surface area contributed by atoms with Gasteiger partial charge >= 0.3 is 5.97 Å². The predicted octanol–water partition coefficient (Wildman–Crippen LogP) is 0.666. The van der Waals surface area contributed by atoms with Crippen LogP contribution in [0.2, 0.25) is 0 Å². The second kappa shape index (κ2) is 5.04. The molecule has 1 amide bonds. The van der Waals surface area contributed by atoms with Crippen LogP contribution in [0.1, 0.15) is 44.6 Å². The molecule has 0 radical (unpaired) electrons. The molecule has 0 bridgehead atoms. The normalized spacial score (nSPS) is 25.8. The van der Waals surface area contributed by atoms with E-state index in [9.17, 15) is 9.59 Å². The van der Waals surface area contributed by atoms with Crippen LogP contribution < -0.4 is 5.73 Å². The van der Waals surface area contributed by atoms with Gasteiger partial charge in [-0.1, -0.05) is 0 Å². The number of hydrogen-bond donors (Lipinski definition) is 1. The number of nitrogens with zero attached hydrogens (tertiary/aromatic N) is 1. The lowest BCUT2D eigenvalue weighted by molar-refractivity contribution is -0.163. The largest absolute Gasteiger partial charge is 0.458 e. The van der Waals surface area contributed by atoms with E-state index in [2.05, 4.69) is 0 Å². The zero-order valence-corrected chi connectivity index (χ0v) is 10.5. The van der Waals surface area contributed by atoms with E-state index in [-0.39, 0.29) is 0 Å². The Balaban J connectivity index is 2.80. The smallest absolute Gasteiger partial charge is 0.329 e. The van der Waals surface area contributed by atoms with Crippen molar-refractivity contribution in [2.45, 2.75) is 58.1 Å². The molecule has 98 valence electrons. The average molecular weight is 245 g/mol. The monoisotopic (exact) mass is 245 g/mol. The molecule has 1 saturated heterocycles. The van der Waals surface area contributed by atoms with Gasteiger partial charge in [0, 0.05) is 10.7 Å². The van der Waals surface area contributed by atoms with Gasteiger partial charge in [0.1, 0.15) is 11.6 Å². The SMILES string of the molecule is [2H]C([2H])([2H])[C@H](N)C(=O)N1CCC[C@H]1C(=O)OC(C)(C)C. The van der Waals surface area contributed by atoms with E-state index in [1.165, 1.54) is 4.90 Å². The van der Waals surface area contributed by atoms with Gasteiger partial charge in [0.2, 0.25) is 5.91 Å². The van der Waals surface area contributed by atoms with Crippen LogP contribution in [0.5, 0.6) is 0 Å². The number of esters is 1. The van der Waals surface area contributed by atoms with Crippen molar-refractivity contribution in [3.63, 3.8) is 0 Å². The Morgan fingerprint density at radius 2 is 2.18 bits per heavy atom. The maximum atomic E-state index is 12.1. The molecular weight excluding hydrogens is 220 g/mol. The first kappa shape index (κ1) is 9.88. The van der Waals surface area contributed by atoms with Gasteiger partial charge in [-0.25, -0.2) is 4.79 Å². The Bertz CT molecular complexity index is 390. The first-order chi connectivity index (χ1) is 8.93. The number of carbonyl (C=O) groups is 2. The van der Waals surface area contributed by atoms with Crippen LogP contribution in [-0.2, 0) is 14.3 Å². The molecule has 0 aliphatic carbocycles. The van der Waals surface area contributed by atoms with E-state index in [1.54, 1.807) is 20.8 Å². The zero-order valence-electron chi connectivity index (χ0n) is 13.5. The molecular formula is C12H22N2O3. The molecule has 5 nitrogen and oxygen atoms in total. The van der Waals surface area contributed by atoms with Gasteiger partial charge in [-0.15, -0.1) is 0 Å². The van der Waals surface area contributed by atoms with Crippen LogP contribution in [-0.4, -0.2) is 41.0 Å². The molecule has 0 spiro atoms. The Kier molecular flexibility index (Phi) is 2.93. The van der Waals surface area contributed by atoms with Crippen molar-refractivity contribution in [3.05, 3.63) is 0 Å². The quantitative estimate of drug-likeness (QED) is 0.726. The fourth-order valence-corrected chi connectivity index (χ4v) is 1.82. The molecule has 0 aromatic rings. The number of nitrogens with two attached hydrogens (primary N) is 1. The van der Waals surface area contributed by atoms with Crippen molar-refractivity contribution in [2.75, 3.05) is 6.54 Å². The molecule has 1 fully saturated rings. The molecule has 1 heterocycles. The van der Waals surface area contributed by atoms with Crippen molar-refractivity contribution in [2.24, 2.45) is 5.73 Å². The summed E-state index contributed by atoms with van der Waals surface area (Å²) in [5.41, 5.74) is 4.81. The highest BCUT2D eigenvalue weighted by molar-refractivity contribution is 5.87. The summed E-state index contributed by atoms with van der Waals surface area (Å²) in [4.78, 5) is 25.4. The van der Waals surface area contributed by atoms with Crippen molar-refractivity contribution >= 4 is 11.9 Å². The lowest BCUT2D eigenvalue weighted by atomic mass is 10.1. The van der Waals surface area contributed by atoms with Gasteiger partial charge in [-0.2, -0.15) is 0 Å². The third-order valence-corrected chi connectivity index (χ3v) is 2.48. The van der Waals surface area contributed by atoms with Crippen LogP contribution in [0.15, 0.2) is 0 Å². The minimum atomic E-state index is -2.57. The molecule has 1 rings (SSSR count). The fourth-order valence-electron chi connectivity index (χ4n) is 1.82. The number of rotatable bonds is 2. The molecule has 0 saturated carbocycles. The highest BCUT2D eigenvalue weighted by atomic mass is 16.6. The van der Waals surface area contributed by atoms with E-state index in [1.807, 2.05) is 0 Å². The van der Waals surface area contributed by atoms with Crippen LogP contribution in [0.4, 0.5) is 0 Å². The minimum absolute atomic E-state index is 0.326. The third-order valence-electron chi connectivity index (χ3n) is 2.48. The van der Waals surface area contributed by atoms with Crippen LogP contribution in [0.25, 0.3) is 0 Å². The Morgan fingerprint density at radius 1 is 1.53 bits per heavy atom. The van der Waals surface area contributed by atoms with Crippen molar-refractivity contribution in [1.29, 1.82) is 0 Å². The van der Waals surface area contributed by atoms with Crippen LogP contribution in [0.3, 0.4) is 0 Å². The first-order valence-electron chi connectivity index (χ1n) is 7.22. The zero-order chi connectivity index (χ0) is 15.7. The number of carbonyl (C=O) groups excluding carboxylic acids is 2. The summed E-state index contributed by atoms with van der Waals surface area (Å²) in [5.74, 6) is -1.24. The van der Waals surface area contributed by atoms with Gasteiger partial charge in [-0.3, -0.25) is 4.79 Å². The summed E-state index contributed by atoms with van der Waals surface area (Å²) in [5, 5.41) is 0. The Morgan fingerprint density at radius 3 is 2.71 bits per heavy atom. The average Bonchev–Trinajstić information content (AvgIpc) is 2.72. The summed E-state index contributed by atoms with van der Waals surface area (Å²) in [6, 6.07) is -2.35. The first-order valence-corrected chi connectivity index (χ1v) is 5.72. The summed E-state index contributed by atoms with van der Waals surface area (Å²) in [6.07, 6.45) is 1.09. The maximum absolute atomic E-state index is 12.1. The molecule has 0 aromatic heterocycles. The molecule has 2 N–H and O–H groups in total. The Labute approximate surface area is 106 Å². The van der Waals surface area contributed by atoms with Crippen molar-refractivity contribution < 1.29 is 18.4 Å². The fraction of sp³-hybridized carbons (Fsp3) is 0.833. The molecule has 0 aromatic carbocycles. The van der Waals surface area contributed by atoms with E-state index in [0.29, 0.717) is 19.4 Å². The number of hydrogen-bond acceptors (Lipinski definition) is 4. The van der Waals surface area contributed by atoms with Crippen molar-refractivity contribution in [1.82, 2.24) is 4.90 Å². The lowest BCUT2D eigenvalue weighted by Crippen LogP contribution is -2.48. The number of ether oxygens (including phenoxy) is 1. The summed E-state index contributed by atoms with van der Waals surface area (Å²) in [7, 11) is 0. The standard InChI is InChI=1S/C12H22N2O3/c1-8(13)10(15)14-7-5-6-9(14)11(16)17-12(2,3)4/h8-9H,5-7,13H2,1-4H3/t8-,9-/m0/s1/i1D3. The van der Waals surface area contributed by atoms with Gasteiger partial charge in [-0.05, 0) is 40.5 Å². The predicted molar refractivity (Wildman–Crippen MR) is 64.2 cm³/mol. The molecule has 17 heavy (non-hydrogen) atoms. The van der Waals surface area contributed by atoms with Gasteiger partial charge in [0.25, 0.3) is 0 Å². The van der Waals surface area contributed by atoms with E-state index >= 15 is 0 Å². The summed E-state index contributed by atoms with van der Waals surface area (Å²) < 4.78 is 26.8. The lowest BCUT2D eigenvalue weighted by Gasteiger charge is -2.28. The van der Waals surface area contributed by atoms with Gasteiger partial charge in [0.15, 0.2) is 0 Å². The highest BCUT2D eigenvalue weighted by Crippen LogP contribution is 2.21. The molecule has 5 heteroatoms.